The van der Waals surface area contributed by atoms with Crippen LogP contribution in [0.2, 0.25) is 0 Å². The average molecular weight is 354 g/mol. The fraction of sp³-hybridized carbons (Fsp3) is 0.250. The minimum Gasteiger partial charge on any atom is -0.368 e. The highest BCUT2D eigenvalue weighted by Crippen LogP contribution is 2.26. The summed E-state index contributed by atoms with van der Waals surface area (Å²) in [6.45, 7) is 1.91. The second kappa shape index (κ2) is 7.07. The van der Waals surface area contributed by atoms with Crippen molar-refractivity contribution in [2.75, 3.05) is 6.54 Å². The fourth-order valence-corrected chi connectivity index (χ4v) is 3.23. The number of hydrogen-bond acceptors (Lipinski definition) is 3. The molecule has 2 N–H and O–H groups in total. The molecule has 0 aromatic heterocycles. The van der Waals surface area contributed by atoms with Gasteiger partial charge >= 0.3 is 0 Å². The Morgan fingerprint density at radius 1 is 1.08 bits per heavy atom. The van der Waals surface area contributed by atoms with E-state index < -0.39 is 17.8 Å². The van der Waals surface area contributed by atoms with E-state index in [1.165, 1.54) is 30.0 Å². The molecule has 0 radical (unpaired) electrons. The lowest BCUT2D eigenvalue weighted by molar-refractivity contribution is -0.121. The second-order valence-corrected chi connectivity index (χ2v) is 6.39. The van der Waals surface area contributed by atoms with Crippen LogP contribution in [0, 0.1) is 5.82 Å². The molecule has 134 valence electrons. The third-order valence-electron chi connectivity index (χ3n) is 4.66. The summed E-state index contributed by atoms with van der Waals surface area (Å²) in [6, 6.07) is 10.1. The number of halogens is 1. The molecular weight excluding hydrogens is 335 g/mol. The van der Waals surface area contributed by atoms with Crippen molar-refractivity contribution in [2.45, 2.75) is 25.8 Å². The van der Waals surface area contributed by atoms with Crippen molar-refractivity contribution in [1.29, 1.82) is 0 Å². The van der Waals surface area contributed by atoms with E-state index in [2.05, 4.69) is 0 Å². The first-order chi connectivity index (χ1) is 12.4. The molecule has 1 aliphatic rings. The Morgan fingerprint density at radius 3 is 2.35 bits per heavy atom. The molecule has 5 nitrogen and oxygen atoms in total. The van der Waals surface area contributed by atoms with Crippen molar-refractivity contribution in [3.8, 4) is 11.1 Å². The number of ketones is 1. The molecule has 0 unspecified atom stereocenters. The molecule has 3 rings (SSSR count). The highest BCUT2D eigenvalue weighted by atomic mass is 19.1. The molecule has 2 amide bonds. The topological polar surface area (TPSA) is 80.5 Å². The van der Waals surface area contributed by atoms with Crippen molar-refractivity contribution in [2.24, 2.45) is 5.73 Å². The molecule has 1 atom stereocenters. The molecule has 0 bridgehead atoms. The van der Waals surface area contributed by atoms with E-state index in [1.807, 2.05) is 0 Å². The Bertz CT molecular complexity index is 877. The van der Waals surface area contributed by atoms with Crippen LogP contribution in [0.4, 0.5) is 4.39 Å². The predicted molar refractivity (Wildman–Crippen MR) is 95.1 cm³/mol. The van der Waals surface area contributed by atoms with E-state index in [1.54, 1.807) is 24.3 Å². The molecule has 1 fully saturated rings. The van der Waals surface area contributed by atoms with E-state index >= 15 is 0 Å². The van der Waals surface area contributed by atoms with Gasteiger partial charge < -0.3 is 10.6 Å². The van der Waals surface area contributed by atoms with Gasteiger partial charge in [-0.3, -0.25) is 14.4 Å². The predicted octanol–water partition coefficient (Wildman–Crippen LogP) is 2.79. The van der Waals surface area contributed by atoms with Crippen LogP contribution in [0.25, 0.3) is 11.1 Å². The first-order valence-electron chi connectivity index (χ1n) is 8.39. The molecule has 26 heavy (non-hydrogen) atoms. The van der Waals surface area contributed by atoms with Crippen LogP contribution in [0.3, 0.4) is 0 Å². The number of amides is 2. The minimum absolute atomic E-state index is 0.149. The number of Topliss-reactive ketones (excluding diaryl/α,β-unsaturated/α-hetero) is 1. The molecule has 0 aliphatic carbocycles. The van der Waals surface area contributed by atoms with Crippen LogP contribution in [0.5, 0.6) is 0 Å². The number of benzene rings is 2. The van der Waals surface area contributed by atoms with Crippen molar-refractivity contribution >= 4 is 17.6 Å². The Morgan fingerprint density at radius 2 is 1.73 bits per heavy atom. The van der Waals surface area contributed by atoms with Crippen LogP contribution in [-0.4, -0.2) is 35.1 Å². The quantitative estimate of drug-likeness (QED) is 0.858. The maximum atomic E-state index is 14.1. The number of hydrogen-bond donors (Lipinski definition) is 1. The van der Waals surface area contributed by atoms with E-state index in [0.29, 0.717) is 35.2 Å². The summed E-state index contributed by atoms with van der Waals surface area (Å²) in [5.74, 6) is -1.36. The normalized spacial score (nSPS) is 16.5. The van der Waals surface area contributed by atoms with Gasteiger partial charge in [-0.15, -0.1) is 0 Å². The summed E-state index contributed by atoms with van der Waals surface area (Å²) in [5.41, 5.74) is 7.05. The zero-order valence-electron chi connectivity index (χ0n) is 14.4. The molecule has 1 heterocycles. The van der Waals surface area contributed by atoms with Crippen molar-refractivity contribution < 1.29 is 18.8 Å². The Labute approximate surface area is 150 Å². The molecule has 0 saturated carbocycles. The summed E-state index contributed by atoms with van der Waals surface area (Å²) in [5, 5.41) is 0. The summed E-state index contributed by atoms with van der Waals surface area (Å²) in [4.78, 5) is 37.1. The highest BCUT2D eigenvalue weighted by Gasteiger charge is 2.33. The van der Waals surface area contributed by atoms with Crippen molar-refractivity contribution in [3.63, 3.8) is 0 Å². The van der Waals surface area contributed by atoms with E-state index in [9.17, 15) is 18.8 Å². The number of rotatable bonds is 4. The maximum Gasteiger partial charge on any atom is 0.254 e. The van der Waals surface area contributed by atoms with Crippen LogP contribution in [0.1, 0.15) is 40.5 Å². The van der Waals surface area contributed by atoms with Gasteiger partial charge in [-0.2, -0.15) is 0 Å². The number of nitrogens with two attached hydrogens (primary N) is 1. The molecule has 1 aliphatic heterocycles. The van der Waals surface area contributed by atoms with Gasteiger partial charge in [0.05, 0.1) is 0 Å². The van der Waals surface area contributed by atoms with Crippen LogP contribution >= 0.6 is 0 Å². The lowest BCUT2D eigenvalue weighted by Crippen LogP contribution is -2.43. The van der Waals surface area contributed by atoms with Gasteiger partial charge in [0.15, 0.2) is 5.78 Å². The van der Waals surface area contributed by atoms with Crippen LogP contribution < -0.4 is 5.73 Å². The second-order valence-electron chi connectivity index (χ2n) is 6.39. The molecular formula is C20H19FN2O3. The molecule has 2 aromatic rings. The fourth-order valence-electron chi connectivity index (χ4n) is 3.23. The van der Waals surface area contributed by atoms with Crippen molar-refractivity contribution in [1.82, 2.24) is 4.90 Å². The average Bonchev–Trinajstić information content (AvgIpc) is 3.11. The van der Waals surface area contributed by atoms with Gasteiger partial charge in [0.1, 0.15) is 11.9 Å². The third-order valence-corrected chi connectivity index (χ3v) is 4.66. The Hall–Kier alpha value is -3.02. The largest absolute Gasteiger partial charge is 0.368 e. The summed E-state index contributed by atoms with van der Waals surface area (Å²) in [7, 11) is 0. The summed E-state index contributed by atoms with van der Waals surface area (Å²) in [6.07, 6.45) is 1.31. The first kappa shape index (κ1) is 17.8. The van der Waals surface area contributed by atoms with E-state index in [0.717, 1.165) is 6.42 Å². The molecule has 0 spiro atoms. The zero-order chi connectivity index (χ0) is 18.8. The van der Waals surface area contributed by atoms with Gasteiger partial charge in [0, 0.05) is 23.2 Å². The van der Waals surface area contributed by atoms with Crippen LogP contribution in [-0.2, 0) is 4.79 Å². The lowest BCUT2D eigenvalue weighted by Gasteiger charge is -2.22. The number of carbonyl (C=O) groups excluding carboxylic acids is 3. The number of nitrogens with zero attached hydrogens (tertiary/aromatic N) is 1. The number of likely N-dealkylation sites (tertiary alicyclic amines) is 1. The number of carbonyl (C=O) groups is 3. The third kappa shape index (κ3) is 3.35. The van der Waals surface area contributed by atoms with Gasteiger partial charge in [0.2, 0.25) is 5.91 Å². The molecule has 2 aromatic carbocycles. The van der Waals surface area contributed by atoms with Gasteiger partial charge in [-0.25, -0.2) is 4.39 Å². The number of primary amides is 1. The smallest absolute Gasteiger partial charge is 0.254 e. The zero-order valence-corrected chi connectivity index (χ0v) is 14.4. The standard InChI is InChI=1S/C20H19FN2O3/c1-12(24)15-8-9-17(21)16(11-15)13-4-6-14(7-5-13)20(26)23-10-2-3-18(23)19(22)25/h4-9,11,18H,2-3,10H2,1H3,(H2,22,25)/t18-/m0/s1. The Balaban J connectivity index is 1.87. The van der Waals surface area contributed by atoms with Crippen molar-refractivity contribution in [3.05, 3.63) is 59.4 Å². The SMILES string of the molecule is CC(=O)c1ccc(F)c(-c2ccc(C(=O)N3CCC[C@H]3C(N)=O)cc2)c1. The molecule has 1 saturated heterocycles. The maximum absolute atomic E-state index is 14.1. The van der Waals surface area contributed by atoms with Gasteiger partial charge in [0.25, 0.3) is 5.91 Å². The first-order valence-corrected chi connectivity index (χ1v) is 8.39. The minimum atomic E-state index is -0.577. The van der Waals surface area contributed by atoms with Gasteiger partial charge in [-0.05, 0) is 55.7 Å². The molecule has 6 heteroatoms. The Kier molecular flexibility index (Phi) is 4.84. The van der Waals surface area contributed by atoms with Gasteiger partial charge in [-0.1, -0.05) is 12.1 Å². The summed E-state index contributed by atoms with van der Waals surface area (Å²) < 4.78 is 14.1. The summed E-state index contributed by atoms with van der Waals surface area (Å²) >= 11 is 0. The monoisotopic (exact) mass is 354 g/mol. The van der Waals surface area contributed by atoms with E-state index in [-0.39, 0.29) is 11.7 Å². The highest BCUT2D eigenvalue weighted by molar-refractivity contribution is 5.98. The lowest BCUT2D eigenvalue weighted by atomic mass is 9.99. The van der Waals surface area contributed by atoms with Crippen LogP contribution in [0.15, 0.2) is 42.5 Å². The van der Waals surface area contributed by atoms with E-state index in [4.69, 9.17) is 5.73 Å².